The third-order valence-corrected chi connectivity index (χ3v) is 4.41. The van der Waals surface area contributed by atoms with Crippen LogP contribution in [0.2, 0.25) is 0 Å². The Morgan fingerprint density at radius 1 is 1.42 bits per heavy atom. The Balaban J connectivity index is 1.64. The molecule has 0 radical (unpaired) electrons. The van der Waals surface area contributed by atoms with Crippen molar-refractivity contribution in [1.29, 1.82) is 0 Å². The lowest BCUT2D eigenvalue weighted by atomic mass is 10.2. The molecule has 1 aliphatic rings. The lowest BCUT2D eigenvalue weighted by Crippen LogP contribution is -2.23. The van der Waals surface area contributed by atoms with Crippen LogP contribution < -0.4 is 5.32 Å². The van der Waals surface area contributed by atoms with Crippen molar-refractivity contribution < 1.29 is 9.18 Å². The highest BCUT2D eigenvalue weighted by Gasteiger charge is 2.15. The Morgan fingerprint density at radius 2 is 2.32 bits per heavy atom. The summed E-state index contributed by atoms with van der Waals surface area (Å²) >= 11 is 1.75. The number of hydrogen-bond donors (Lipinski definition) is 1. The van der Waals surface area contributed by atoms with Crippen LogP contribution in [0, 0.1) is 5.95 Å². The van der Waals surface area contributed by atoms with Crippen molar-refractivity contribution in [3.63, 3.8) is 0 Å². The fourth-order valence-corrected chi connectivity index (χ4v) is 3.47. The summed E-state index contributed by atoms with van der Waals surface area (Å²) in [6.07, 6.45) is 3.53. The van der Waals surface area contributed by atoms with Gasteiger partial charge in [0, 0.05) is 9.75 Å². The molecule has 0 bridgehead atoms. The first-order chi connectivity index (χ1) is 9.22. The lowest BCUT2D eigenvalue weighted by molar-refractivity contribution is 0.0945. The molecule has 2 aromatic heterocycles. The van der Waals surface area contributed by atoms with Crippen molar-refractivity contribution in [2.24, 2.45) is 0 Å². The Hall–Kier alpha value is -1.75. The number of aryl methyl sites for hydroxylation is 2. The minimum Gasteiger partial charge on any atom is -0.346 e. The fourth-order valence-electron chi connectivity index (χ4n) is 2.27. The van der Waals surface area contributed by atoms with Crippen molar-refractivity contribution in [3.05, 3.63) is 51.2 Å². The van der Waals surface area contributed by atoms with E-state index in [1.54, 1.807) is 11.3 Å². The number of halogens is 1. The number of fused-ring (bicyclic) bond motifs is 1. The molecule has 0 unspecified atom stereocenters. The zero-order valence-corrected chi connectivity index (χ0v) is 11.1. The maximum Gasteiger partial charge on any atom is 0.270 e. The molecule has 0 atom stereocenters. The van der Waals surface area contributed by atoms with Gasteiger partial charge in [-0.2, -0.15) is 4.39 Å². The van der Waals surface area contributed by atoms with E-state index in [1.165, 1.54) is 35.1 Å². The minimum absolute atomic E-state index is 0.115. The molecule has 98 valence electrons. The summed E-state index contributed by atoms with van der Waals surface area (Å²) in [6, 6.07) is 6.37. The van der Waals surface area contributed by atoms with Gasteiger partial charge in [-0.25, -0.2) is 4.98 Å². The van der Waals surface area contributed by atoms with Crippen molar-refractivity contribution in [3.8, 4) is 0 Å². The van der Waals surface area contributed by atoms with E-state index in [9.17, 15) is 9.18 Å². The molecule has 1 N–H and O–H groups in total. The molecule has 2 heterocycles. The first-order valence-electron chi connectivity index (χ1n) is 6.23. The largest absolute Gasteiger partial charge is 0.346 e. The molecule has 0 aromatic carbocycles. The van der Waals surface area contributed by atoms with Gasteiger partial charge in [-0.05, 0) is 43.0 Å². The zero-order chi connectivity index (χ0) is 13.2. The summed E-state index contributed by atoms with van der Waals surface area (Å²) in [6.45, 7) is 0.481. The Kier molecular flexibility index (Phi) is 3.29. The van der Waals surface area contributed by atoms with E-state index in [1.807, 2.05) is 0 Å². The van der Waals surface area contributed by atoms with Gasteiger partial charge in [0.2, 0.25) is 5.95 Å². The van der Waals surface area contributed by atoms with Gasteiger partial charge in [-0.1, -0.05) is 6.07 Å². The zero-order valence-electron chi connectivity index (χ0n) is 10.3. The quantitative estimate of drug-likeness (QED) is 0.876. The predicted molar refractivity (Wildman–Crippen MR) is 71.7 cm³/mol. The predicted octanol–water partition coefficient (Wildman–Crippen LogP) is 2.70. The van der Waals surface area contributed by atoms with Crippen molar-refractivity contribution in [1.82, 2.24) is 10.3 Å². The molecule has 1 amide bonds. The van der Waals surface area contributed by atoms with Crippen LogP contribution in [0.3, 0.4) is 0 Å². The number of aromatic nitrogens is 1. The average Bonchev–Trinajstić information content (AvgIpc) is 2.96. The number of pyridine rings is 1. The van der Waals surface area contributed by atoms with Crippen LogP contribution in [0.5, 0.6) is 0 Å². The Labute approximate surface area is 114 Å². The maximum atomic E-state index is 12.9. The second-order valence-electron chi connectivity index (χ2n) is 4.54. The maximum absolute atomic E-state index is 12.9. The molecule has 0 saturated heterocycles. The summed E-state index contributed by atoms with van der Waals surface area (Å²) in [5.74, 6) is -0.976. The normalized spacial score (nSPS) is 13.3. The van der Waals surface area contributed by atoms with Crippen LogP contribution in [0.15, 0.2) is 24.3 Å². The molecular formula is C14H13FN2OS. The summed E-state index contributed by atoms with van der Waals surface area (Å²) < 4.78 is 12.9. The molecule has 3 nitrogen and oxygen atoms in total. The van der Waals surface area contributed by atoms with Gasteiger partial charge in [0.15, 0.2) is 0 Å². The Bertz CT molecular complexity index is 602. The third kappa shape index (κ3) is 2.66. The smallest absolute Gasteiger partial charge is 0.270 e. The monoisotopic (exact) mass is 276 g/mol. The second-order valence-corrected chi connectivity index (χ2v) is 5.76. The summed E-state index contributed by atoms with van der Waals surface area (Å²) in [7, 11) is 0. The van der Waals surface area contributed by atoms with Gasteiger partial charge in [-0.3, -0.25) is 4.79 Å². The lowest BCUT2D eigenvalue weighted by Gasteiger charge is -2.03. The molecule has 0 saturated carbocycles. The molecule has 0 spiro atoms. The second kappa shape index (κ2) is 5.09. The van der Waals surface area contributed by atoms with E-state index in [2.05, 4.69) is 16.4 Å². The molecule has 1 aliphatic carbocycles. The van der Waals surface area contributed by atoms with Crippen LogP contribution in [-0.2, 0) is 19.4 Å². The number of nitrogens with one attached hydrogen (secondary N) is 1. The molecular weight excluding hydrogens is 263 g/mol. The van der Waals surface area contributed by atoms with Crippen LogP contribution in [-0.4, -0.2) is 10.9 Å². The van der Waals surface area contributed by atoms with Crippen molar-refractivity contribution in [2.75, 3.05) is 0 Å². The van der Waals surface area contributed by atoms with Crippen molar-refractivity contribution in [2.45, 2.75) is 25.8 Å². The minimum atomic E-state index is -0.636. The molecule has 0 aliphatic heterocycles. The summed E-state index contributed by atoms with van der Waals surface area (Å²) in [5, 5.41) is 2.77. The van der Waals surface area contributed by atoms with Crippen LogP contribution in [0.4, 0.5) is 4.39 Å². The van der Waals surface area contributed by atoms with E-state index >= 15 is 0 Å². The van der Waals surface area contributed by atoms with Gasteiger partial charge >= 0.3 is 0 Å². The van der Waals surface area contributed by atoms with E-state index in [0.29, 0.717) is 6.54 Å². The molecule has 2 aromatic rings. The van der Waals surface area contributed by atoms with Crippen LogP contribution in [0.25, 0.3) is 0 Å². The van der Waals surface area contributed by atoms with E-state index < -0.39 is 5.95 Å². The number of hydrogen-bond acceptors (Lipinski definition) is 3. The summed E-state index contributed by atoms with van der Waals surface area (Å²) in [4.78, 5) is 18.0. The molecule has 5 heteroatoms. The van der Waals surface area contributed by atoms with E-state index in [-0.39, 0.29) is 11.6 Å². The van der Waals surface area contributed by atoms with Crippen molar-refractivity contribution >= 4 is 17.2 Å². The van der Waals surface area contributed by atoms with Gasteiger partial charge < -0.3 is 5.32 Å². The van der Waals surface area contributed by atoms with E-state index in [4.69, 9.17) is 0 Å². The number of amides is 1. The van der Waals surface area contributed by atoms with Crippen LogP contribution >= 0.6 is 11.3 Å². The highest BCUT2D eigenvalue weighted by atomic mass is 32.1. The number of thiophene rings is 1. The molecule has 3 rings (SSSR count). The topological polar surface area (TPSA) is 42.0 Å². The third-order valence-electron chi connectivity index (χ3n) is 3.17. The molecule has 0 fully saturated rings. The first-order valence-corrected chi connectivity index (χ1v) is 7.05. The van der Waals surface area contributed by atoms with Gasteiger partial charge in [0.25, 0.3) is 5.91 Å². The van der Waals surface area contributed by atoms with Gasteiger partial charge in [0.05, 0.1) is 6.54 Å². The molecule has 19 heavy (non-hydrogen) atoms. The first kappa shape index (κ1) is 12.3. The number of carbonyl (C=O) groups is 1. The average molecular weight is 276 g/mol. The SMILES string of the molecule is O=C(NCc1cc2c(s1)CCC2)c1cccc(F)n1. The van der Waals surface area contributed by atoms with Gasteiger partial charge in [0.1, 0.15) is 5.69 Å². The van der Waals surface area contributed by atoms with Crippen LogP contribution in [0.1, 0.15) is 32.2 Å². The number of carbonyl (C=O) groups excluding carboxylic acids is 1. The number of nitrogens with zero attached hydrogens (tertiary/aromatic N) is 1. The highest BCUT2D eigenvalue weighted by molar-refractivity contribution is 7.12. The van der Waals surface area contributed by atoms with E-state index in [0.717, 1.165) is 17.7 Å². The summed E-state index contributed by atoms with van der Waals surface area (Å²) in [5.41, 5.74) is 1.53. The van der Waals surface area contributed by atoms with Gasteiger partial charge in [-0.15, -0.1) is 11.3 Å². The fraction of sp³-hybridized carbons (Fsp3) is 0.286. The Morgan fingerprint density at radius 3 is 3.11 bits per heavy atom. The highest BCUT2D eigenvalue weighted by Crippen LogP contribution is 2.30. The standard InChI is InChI=1S/C14H13FN2OS/c15-13-6-2-4-11(17-13)14(18)16-8-10-7-9-3-1-5-12(9)19-10/h2,4,6-7H,1,3,5,8H2,(H,16,18). The number of rotatable bonds is 3.